The minimum atomic E-state index is -0.416. The first-order chi connectivity index (χ1) is 13.7. The van der Waals surface area contributed by atoms with Gasteiger partial charge in [0.2, 0.25) is 0 Å². The van der Waals surface area contributed by atoms with Crippen LogP contribution in [0.1, 0.15) is 56.1 Å². The highest BCUT2D eigenvalue weighted by Gasteiger charge is 2.34. The standard InChI is InChI=1S/C24H30N2O2/c1-18-6-5-15-26(18)23-14-11-21(16-23)20-9-12-22(13-10-20)25-24(27)28-17-19-7-3-2-4-8-19/h2-4,7-10,12-13,18,21,23H,5-6,11,14-17H2,1H3,(H,25,27)/t18-,21-,23?/m0/s1. The summed E-state index contributed by atoms with van der Waals surface area (Å²) in [5.41, 5.74) is 3.15. The van der Waals surface area contributed by atoms with E-state index in [0.29, 0.717) is 5.92 Å². The number of ether oxygens (including phenoxy) is 1. The van der Waals surface area contributed by atoms with Crippen LogP contribution >= 0.6 is 0 Å². The Labute approximate surface area is 167 Å². The molecule has 1 saturated carbocycles. The number of hydrogen-bond acceptors (Lipinski definition) is 3. The van der Waals surface area contributed by atoms with Gasteiger partial charge in [-0.15, -0.1) is 0 Å². The number of amides is 1. The summed E-state index contributed by atoms with van der Waals surface area (Å²) in [5, 5.41) is 2.82. The lowest BCUT2D eigenvalue weighted by Gasteiger charge is -2.28. The molecule has 4 rings (SSSR count). The minimum Gasteiger partial charge on any atom is -0.444 e. The Hall–Kier alpha value is -2.33. The molecule has 4 heteroatoms. The van der Waals surface area contributed by atoms with Crippen molar-refractivity contribution in [1.29, 1.82) is 0 Å². The second kappa shape index (κ2) is 8.78. The first kappa shape index (κ1) is 19.0. The molecule has 2 aromatic carbocycles. The van der Waals surface area contributed by atoms with Crippen LogP contribution < -0.4 is 5.32 Å². The van der Waals surface area contributed by atoms with E-state index >= 15 is 0 Å². The van der Waals surface area contributed by atoms with Crippen LogP contribution in [0.5, 0.6) is 0 Å². The number of nitrogens with zero attached hydrogens (tertiary/aromatic N) is 1. The maximum absolute atomic E-state index is 12.0. The van der Waals surface area contributed by atoms with Gasteiger partial charge < -0.3 is 4.74 Å². The summed E-state index contributed by atoms with van der Waals surface area (Å²) in [4.78, 5) is 14.7. The molecular weight excluding hydrogens is 348 g/mol. The van der Waals surface area contributed by atoms with Crippen LogP contribution in [0.3, 0.4) is 0 Å². The maximum atomic E-state index is 12.0. The van der Waals surface area contributed by atoms with Crippen molar-refractivity contribution in [2.45, 2.75) is 63.6 Å². The average molecular weight is 379 g/mol. The first-order valence-electron chi connectivity index (χ1n) is 10.5. The number of nitrogens with one attached hydrogen (secondary N) is 1. The topological polar surface area (TPSA) is 41.6 Å². The molecule has 1 amide bonds. The molecule has 4 nitrogen and oxygen atoms in total. The molecule has 0 radical (unpaired) electrons. The Morgan fingerprint density at radius 1 is 1.07 bits per heavy atom. The molecule has 1 N–H and O–H groups in total. The van der Waals surface area contributed by atoms with Crippen molar-refractivity contribution < 1.29 is 9.53 Å². The molecule has 2 aliphatic rings. The van der Waals surface area contributed by atoms with Crippen LogP contribution in [-0.4, -0.2) is 29.6 Å². The zero-order chi connectivity index (χ0) is 19.3. The lowest BCUT2D eigenvalue weighted by molar-refractivity contribution is 0.155. The fraction of sp³-hybridized carbons (Fsp3) is 0.458. The molecule has 0 spiro atoms. The summed E-state index contributed by atoms with van der Waals surface area (Å²) in [5.74, 6) is 0.636. The summed E-state index contributed by atoms with van der Waals surface area (Å²) < 4.78 is 5.29. The Kier molecular flexibility index (Phi) is 5.96. The van der Waals surface area contributed by atoms with Crippen LogP contribution in [0.25, 0.3) is 0 Å². The van der Waals surface area contributed by atoms with Gasteiger partial charge in [0.15, 0.2) is 0 Å². The van der Waals surface area contributed by atoms with Gasteiger partial charge in [0, 0.05) is 17.8 Å². The third kappa shape index (κ3) is 4.56. The summed E-state index contributed by atoms with van der Waals surface area (Å²) in [6.45, 7) is 3.92. The molecule has 1 aliphatic heterocycles. The molecule has 28 heavy (non-hydrogen) atoms. The van der Waals surface area contributed by atoms with Gasteiger partial charge in [0.1, 0.15) is 6.61 Å². The predicted molar refractivity (Wildman–Crippen MR) is 112 cm³/mol. The number of carbonyl (C=O) groups is 1. The van der Waals surface area contributed by atoms with Crippen molar-refractivity contribution in [1.82, 2.24) is 4.90 Å². The summed E-state index contributed by atoms with van der Waals surface area (Å²) in [7, 11) is 0. The van der Waals surface area contributed by atoms with Crippen LogP contribution in [0.4, 0.5) is 10.5 Å². The Bertz CT molecular complexity index is 775. The summed E-state index contributed by atoms with van der Waals surface area (Å²) in [6.07, 6.45) is 6.11. The predicted octanol–water partition coefficient (Wildman–Crippen LogP) is 5.56. The van der Waals surface area contributed by atoms with E-state index in [1.165, 1.54) is 44.2 Å². The quantitative estimate of drug-likeness (QED) is 0.741. The highest BCUT2D eigenvalue weighted by Crippen LogP contribution is 2.39. The van der Waals surface area contributed by atoms with Gasteiger partial charge in [-0.25, -0.2) is 4.79 Å². The second-order valence-electron chi connectivity index (χ2n) is 8.20. The third-order valence-corrected chi connectivity index (χ3v) is 6.32. The van der Waals surface area contributed by atoms with Crippen LogP contribution in [0.15, 0.2) is 54.6 Å². The van der Waals surface area contributed by atoms with Gasteiger partial charge in [0.25, 0.3) is 0 Å². The van der Waals surface area contributed by atoms with Gasteiger partial charge >= 0.3 is 6.09 Å². The number of carbonyl (C=O) groups excluding carboxylic acids is 1. The molecular formula is C24H30N2O2. The second-order valence-corrected chi connectivity index (χ2v) is 8.20. The van der Waals surface area contributed by atoms with Crippen molar-refractivity contribution >= 4 is 11.8 Å². The molecule has 2 aromatic rings. The molecule has 1 heterocycles. The van der Waals surface area contributed by atoms with E-state index in [9.17, 15) is 4.79 Å². The van der Waals surface area contributed by atoms with E-state index in [1.54, 1.807) is 0 Å². The average Bonchev–Trinajstić information content (AvgIpc) is 3.37. The first-order valence-corrected chi connectivity index (χ1v) is 10.5. The van der Waals surface area contributed by atoms with Crippen LogP contribution in [0.2, 0.25) is 0 Å². The molecule has 3 atom stereocenters. The van der Waals surface area contributed by atoms with E-state index in [2.05, 4.69) is 29.3 Å². The summed E-state index contributed by atoms with van der Waals surface area (Å²) >= 11 is 0. The normalized spacial score (nSPS) is 25.0. The molecule has 0 bridgehead atoms. The van der Waals surface area contributed by atoms with Gasteiger partial charge in [-0.3, -0.25) is 10.2 Å². The fourth-order valence-corrected chi connectivity index (χ4v) is 4.78. The van der Waals surface area contributed by atoms with E-state index in [1.807, 2.05) is 42.5 Å². The Morgan fingerprint density at radius 2 is 1.86 bits per heavy atom. The SMILES string of the molecule is C[C@H]1CCCN1C1CC[C@H](c2ccc(NC(=O)OCc3ccccc3)cc2)C1. The molecule has 1 saturated heterocycles. The Balaban J connectivity index is 1.27. The Morgan fingerprint density at radius 3 is 2.57 bits per heavy atom. The molecule has 2 fully saturated rings. The third-order valence-electron chi connectivity index (χ3n) is 6.32. The number of anilines is 1. The monoisotopic (exact) mass is 378 g/mol. The molecule has 0 aromatic heterocycles. The number of hydrogen-bond donors (Lipinski definition) is 1. The van der Waals surface area contributed by atoms with Gasteiger partial charge in [-0.05, 0) is 74.8 Å². The fourth-order valence-electron chi connectivity index (χ4n) is 4.78. The maximum Gasteiger partial charge on any atom is 0.411 e. The van der Waals surface area contributed by atoms with Crippen LogP contribution in [-0.2, 0) is 11.3 Å². The lowest BCUT2D eigenvalue weighted by atomic mass is 9.97. The highest BCUT2D eigenvalue weighted by atomic mass is 16.5. The van der Waals surface area contributed by atoms with E-state index < -0.39 is 6.09 Å². The van der Waals surface area contributed by atoms with Gasteiger partial charge in [0.05, 0.1) is 0 Å². The number of rotatable bonds is 5. The van der Waals surface area contributed by atoms with E-state index in [-0.39, 0.29) is 6.61 Å². The van der Waals surface area contributed by atoms with Crippen LogP contribution in [0, 0.1) is 0 Å². The summed E-state index contributed by atoms with van der Waals surface area (Å²) in [6, 6.07) is 19.5. The van der Waals surface area contributed by atoms with Crippen molar-refractivity contribution in [3.63, 3.8) is 0 Å². The molecule has 1 aliphatic carbocycles. The van der Waals surface area contributed by atoms with Crippen molar-refractivity contribution in [2.24, 2.45) is 0 Å². The molecule has 1 unspecified atom stereocenters. The highest BCUT2D eigenvalue weighted by molar-refractivity contribution is 5.84. The van der Waals surface area contributed by atoms with Gasteiger partial charge in [-0.1, -0.05) is 42.5 Å². The van der Waals surface area contributed by atoms with E-state index in [0.717, 1.165) is 23.3 Å². The van der Waals surface area contributed by atoms with Crippen molar-refractivity contribution in [2.75, 3.05) is 11.9 Å². The number of likely N-dealkylation sites (tertiary alicyclic amines) is 1. The smallest absolute Gasteiger partial charge is 0.411 e. The van der Waals surface area contributed by atoms with E-state index in [4.69, 9.17) is 4.74 Å². The minimum absolute atomic E-state index is 0.281. The largest absolute Gasteiger partial charge is 0.444 e. The zero-order valence-electron chi connectivity index (χ0n) is 16.6. The van der Waals surface area contributed by atoms with Crippen molar-refractivity contribution in [3.05, 3.63) is 65.7 Å². The number of benzene rings is 2. The van der Waals surface area contributed by atoms with Crippen molar-refractivity contribution in [3.8, 4) is 0 Å². The van der Waals surface area contributed by atoms with Gasteiger partial charge in [-0.2, -0.15) is 0 Å². The molecule has 148 valence electrons. The lowest BCUT2D eigenvalue weighted by Crippen LogP contribution is -2.35. The zero-order valence-corrected chi connectivity index (χ0v) is 16.6.